The number of hydrogen-bond acceptors (Lipinski definition) is 4. The Balaban J connectivity index is 1.90. The summed E-state index contributed by atoms with van der Waals surface area (Å²) in [5.41, 5.74) is 1.98. The number of morpholine rings is 1. The second-order valence-electron chi connectivity index (χ2n) is 5.44. The number of ether oxygens (including phenoxy) is 1. The fourth-order valence-electron chi connectivity index (χ4n) is 2.67. The van der Waals surface area contributed by atoms with E-state index in [1.165, 1.54) is 0 Å². The molecule has 1 aromatic heterocycles. The standard InChI is InChI=1S/C14H23N3O3/c1-9(13-11(3)16-20-12(13)4)7-15-14(18)17-5-6-19-8-10(17)2/h9-10H,5-8H2,1-4H3,(H,15,18)/t9-,10+/m0/s1. The zero-order valence-corrected chi connectivity index (χ0v) is 12.6. The van der Waals surface area contributed by atoms with E-state index in [0.29, 0.717) is 26.3 Å². The van der Waals surface area contributed by atoms with Gasteiger partial charge in [0.2, 0.25) is 0 Å². The molecule has 1 saturated heterocycles. The fourth-order valence-corrected chi connectivity index (χ4v) is 2.67. The summed E-state index contributed by atoms with van der Waals surface area (Å²) >= 11 is 0. The van der Waals surface area contributed by atoms with Crippen LogP contribution in [0.3, 0.4) is 0 Å². The van der Waals surface area contributed by atoms with Crippen LogP contribution in [0.1, 0.15) is 36.8 Å². The second kappa shape index (κ2) is 6.26. The van der Waals surface area contributed by atoms with Crippen LogP contribution in [-0.4, -0.2) is 48.4 Å². The van der Waals surface area contributed by atoms with Crippen molar-refractivity contribution in [3.05, 3.63) is 17.0 Å². The van der Waals surface area contributed by atoms with Gasteiger partial charge < -0.3 is 19.5 Å². The zero-order chi connectivity index (χ0) is 14.7. The first-order valence-electron chi connectivity index (χ1n) is 7.05. The lowest BCUT2D eigenvalue weighted by Crippen LogP contribution is -2.51. The Hall–Kier alpha value is -1.56. The highest BCUT2D eigenvalue weighted by atomic mass is 16.5. The maximum atomic E-state index is 12.2. The number of aromatic nitrogens is 1. The van der Waals surface area contributed by atoms with Crippen LogP contribution < -0.4 is 5.32 Å². The Morgan fingerprint density at radius 1 is 1.55 bits per heavy atom. The Bertz CT molecular complexity index is 453. The SMILES string of the molecule is Cc1noc(C)c1[C@@H](C)CNC(=O)N1CCOC[C@H]1C. The van der Waals surface area contributed by atoms with Gasteiger partial charge in [0, 0.05) is 24.6 Å². The Morgan fingerprint density at radius 3 is 2.90 bits per heavy atom. The molecular weight excluding hydrogens is 258 g/mol. The molecule has 1 aliphatic heterocycles. The van der Waals surface area contributed by atoms with E-state index in [4.69, 9.17) is 9.26 Å². The van der Waals surface area contributed by atoms with Crippen LogP contribution >= 0.6 is 0 Å². The van der Waals surface area contributed by atoms with E-state index in [-0.39, 0.29) is 18.0 Å². The van der Waals surface area contributed by atoms with E-state index in [1.54, 1.807) is 0 Å². The highest BCUT2D eigenvalue weighted by Crippen LogP contribution is 2.22. The van der Waals surface area contributed by atoms with Gasteiger partial charge in [-0.05, 0) is 20.8 Å². The van der Waals surface area contributed by atoms with Gasteiger partial charge in [0.15, 0.2) is 0 Å². The molecule has 0 aliphatic carbocycles. The van der Waals surface area contributed by atoms with Gasteiger partial charge in [-0.3, -0.25) is 0 Å². The maximum absolute atomic E-state index is 12.2. The average molecular weight is 281 g/mol. The van der Waals surface area contributed by atoms with Crippen LogP contribution in [0.5, 0.6) is 0 Å². The molecule has 1 aliphatic rings. The molecule has 2 rings (SSSR count). The Kier molecular flexibility index (Phi) is 4.65. The normalized spacial score (nSPS) is 20.8. The van der Waals surface area contributed by atoms with Crippen LogP contribution in [0.2, 0.25) is 0 Å². The molecule has 20 heavy (non-hydrogen) atoms. The van der Waals surface area contributed by atoms with E-state index < -0.39 is 0 Å². The molecule has 1 aromatic rings. The summed E-state index contributed by atoms with van der Waals surface area (Å²) in [7, 11) is 0. The van der Waals surface area contributed by atoms with Crippen LogP contribution in [0.4, 0.5) is 4.79 Å². The van der Waals surface area contributed by atoms with E-state index >= 15 is 0 Å². The number of nitrogens with zero attached hydrogens (tertiary/aromatic N) is 2. The van der Waals surface area contributed by atoms with Crippen LogP contribution in [-0.2, 0) is 4.74 Å². The van der Waals surface area contributed by atoms with E-state index in [1.807, 2.05) is 25.7 Å². The predicted molar refractivity (Wildman–Crippen MR) is 74.8 cm³/mol. The lowest BCUT2D eigenvalue weighted by atomic mass is 10.00. The largest absolute Gasteiger partial charge is 0.377 e. The van der Waals surface area contributed by atoms with Gasteiger partial charge in [0.1, 0.15) is 5.76 Å². The Labute approximate surface area is 119 Å². The lowest BCUT2D eigenvalue weighted by Gasteiger charge is -2.33. The van der Waals surface area contributed by atoms with Crippen molar-refractivity contribution in [2.75, 3.05) is 26.3 Å². The molecule has 2 amide bonds. The summed E-state index contributed by atoms with van der Waals surface area (Å²) in [5, 5.41) is 6.94. The van der Waals surface area contributed by atoms with Crippen molar-refractivity contribution in [1.82, 2.24) is 15.4 Å². The highest BCUT2D eigenvalue weighted by molar-refractivity contribution is 5.74. The topological polar surface area (TPSA) is 67.6 Å². The maximum Gasteiger partial charge on any atom is 0.317 e. The van der Waals surface area contributed by atoms with Gasteiger partial charge >= 0.3 is 6.03 Å². The highest BCUT2D eigenvalue weighted by Gasteiger charge is 2.24. The first-order valence-corrected chi connectivity index (χ1v) is 7.05. The van der Waals surface area contributed by atoms with Gasteiger partial charge in [-0.2, -0.15) is 0 Å². The molecule has 0 bridgehead atoms. The second-order valence-corrected chi connectivity index (χ2v) is 5.44. The minimum absolute atomic E-state index is 0.0283. The molecule has 0 aromatic carbocycles. The predicted octanol–water partition coefficient (Wildman–Crippen LogP) is 1.83. The monoisotopic (exact) mass is 281 g/mol. The number of hydrogen-bond donors (Lipinski definition) is 1. The van der Waals surface area contributed by atoms with Crippen molar-refractivity contribution < 1.29 is 14.1 Å². The third kappa shape index (κ3) is 3.12. The molecule has 0 radical (unpaired) electrons. The quantitative estimate of drug-likeness (QED) is 0.917. The van der Waals surface area contributed by atoms with Crippen molar-refractivity contribution in [2.45, 2.75) is 39.7 Å². The zero-order valence-electron chi connectivity index (χ0n) is 12.6. The summed E-state index contributed by atoms with van der Waals surface area (Å²) in [6.45, 7) is 10.3. The number of rotatable bonds is 3. The van der Waals surface area contributed by atoms with E-state index in [2.05, 4.69) is 17.4 Å². The first-order chi connectivity index (χ1) is 9.50. The molecule has 6 heteroatoms. The van der Waals surface area contributed by atoms with Gasteiger partial charge in [-0.1, -0.05) is 12.1 Å². The fraction of sp³-hybridized carbons (Fsp3) is 0.714. The summed E-state index contributed by atoms with van der Waals surface area (Å²) < 4.78 is 10.5. The third-order valence-electron chi connectivity index (χ3n) is 3.77. The molecule has 0 saturated carbocycles. The van der Waals surface area contributed by atoms with Crippen molar-refractivity contribution in [3.63, 3.8) is 0 Å². The number of nitrogens with one attached hydrogen (secondary N) is 1. The minimum atomic E-state index is -0.0283. The number of urea groups is 1. The smallest absolute Gasteiger partial charge is 0.317 e. The molecule has 1 N–H and O–H groups in total. The molecular formula is C14H23N3O3. The number of amides is 2. The van der Waals surface area contributed by atoms with E-state index in [9.17, 15) is 4.79 Å². The molecule has 2 atom stereocenters. The molecule has 6 nitrogen and oxygen atoms in total. The molecule has 1 fully saturated rings. The van der Waals surface area contributed by atoms with Gasteiger partial charge in [0.25, 0.3) is 0 Å². The Morgan fingerprint density at radius 2 is 2.30 bits per heavy atom. The molecule has 0 unspecified atom stereocenters. The van der Waals surface area contributed by atoms with Crippen molar-refractivity contribution >= 4 is 6.03 Å². The number of carbonyl (C=O) groups is 1. The molecule has 0 spiro atoms. The van der Waals surface area contributed by atoms with Crippen molar-refractivity contribution in [1.29, 1.82) is 0 Å². The van der Waals surface area contributed by atoms with Crippen LogP contribution in [0, 0.1) is 13.8 Å². The van der Waals surface area contributed by atoms with E-state index in [0.717, 1.165) is 17.0 Å². The summed E-state index contributed by atoms with van der Waals surface area (Å²) in [6, 6.07) is 0.0949. The van der Waals surface area contributed by atoms with Crippen molar-refractivity contribution in [2.24, 2.45) is 0 Å². The minimum Gasteiger partial charge on any atom is -0.377 e. The van der Waals surface area contributed by atoms with Crippen LogP contribution in [0.25, 0.3) is 0 Å². The van der Waals surface area contributed by atoms with Gasteiger partial charge in [-0.25, -0.2) is 4.79 Å². The summed E-state index contributed by atoms with van der Waals surface area (Å²) in [4.78, 5) is 14.0. The molecule has 112 valence electrons. The summed E-state index contributed by atoms with van der Waals surface area (Å²) in [5.74, 6) is 1.01. The third-order valence-corrected chi connectivity index (χ3v) is 3.77. The number of carbonyl (C=O) groups excluding carboxylic acids is 1. The summed E-state index contributed by atoms with van der Waals surface area (Å²) in [6.07, 6.45) is 0. The lowest BCUT2D eigenvalue weighted by molar-refractivity contribution is 0.0190. The van der Waals surface area contributed by atoms with Crippen molar-refractivity contribution in [3.8, 4) is 0 Å². The number of aryl methyl sites for hydroxylation is 2. The first kappa shape index (κ1) is 14.8. The van der Waals surface area contributed by atoms with Crippen LogP contribution in [0.15, 0.2) is 4.52 Å². The molecule has 2 heterocycles. The average Bonchev–Trinajstić information content (AvgIpc) is 2.76. The van der Waals surface area contributed by atoms with Gasteiger partial charge in [-0.15, -0.1) is 0 Å². The van der Waals surface area contributed by atoms with Gasteiger partial charge in [0.05, 0.1) is 24.9 Å².